The number of rotatable bonds is 3. The Bertz CT molecular complexity index is 567. The second kappa shape index (κ2) is 5.34. The normalized spacial score (nSPS) is 24.9. The quantitative estimate of drug-likeness (QED) is 0.857. The van der Waals surface area contributed by atoms with E-state index >= 15 is 0 Å². The first kappa shape index (κ1) is 14.4. The largest absolute Gasteiger partial charge is 0.493 e. The van der Waals surface area contributed by atoms with Crippen molar-refractivity contribution >= 4 is 5.78 Å². The summed E-state index contributed by atoms with van der Waals surface area (Å²) in [6.07, 6.45) is 1.29. The summed E-state index contributed by atoms with van der Waals surface area (Å²) in [5, 5.41) is 0. The molecule has 0 bridgehead atoms. The Kier molecular flexibility index (Phi) is 3.66. The number of ether oxygens (including phenoxy) is 2. The monoisotopic (exact) mass is 289 g/mol. The van der Waals surface area contributed by atoms with Gasteiger partial charge in [0.05, 0.1) is 14.2 Å². The summed E-state index contributed by atoms with van der Waals surface area (Å²) in [6.45, 7) is 5.30. The van der Waals surface area contributed by atoms with Crippen LogP contribution in [0.2, 0.25) is 0 Å². The zero-order valence-electron chi connectivity index (χ0n) is 13.2. The highest BCUT2D eigenvalue weighted by Gasteiger charge is 2.42. The smallest absolute Gasteiger partial charge is 0.161 e. The molecule has 1 aromatic carbocycles. The molecule has 0 saturated carbocycles. The predicted octanol–water partition coefficient (Wildman–Crippen LogP) is 2.95. The third-order valence-corrected chi connectivity index (χ3v) is 4.81. The number of benzene rings is 1. The average molecular weight is 289 g/mol. The molecule has 0 N–H and O–H groups in total. The maximum Gasteiger partial charge on any atom is 0.161 e. The molecule has 2 aliphatic rings. The number of carbonyl (C=O) groups excluding carboxylic acids is 1. The second-order valence-electron chi connectivity index (χ2n) is 6.35. The van der Waals surface area contributed by atoms with Crippen molar-refractivity contribution in [3.63, 3.8) is 0 Å². The molecule has 0 aromatic heterocycles. The molecule has 3 rings (SSSR count). The van der Waals surface area contributed by atoms with Crippen LogP contribution >= 0.6 is 0 Å². The van der Waals surface area contributed by atoms with Crippen molar-refractivity contribution in [2.75, 3.05) is 14.2 Å². The van der Waals surface area contributed by atoms with Crippen LogP contribution in [0.4, 0.5) is 0 Å². The minimum atomic E-state index is 0.202. The number of hydrogen-bond donors (Lipinski definition) is 0. The molecule has 4 heteroatoms. The molecule has 1 fully saturated rings. The Hall–Kier alpha value is -1.55. The first-order valence-corrected chi connectivity index (χ1v) is 7.57. The molecule has 114 valence electrons. The fraction of sp³-hybridized carbons (Fsp3) is 0.588. The van der Waals surface area contributed by atoms with Gasteiger partial charge in [-0.3, -0.25) is 9.69 Å². The van der Waals surface area contributed by atoms with Gasteiger partial charge in [-0.1, -0.05) is 13.8 Å². The van der Waals surface area contributed by atoms with Crippen LogP contribution in [0.1, 0.15) is 43.9 Å². The lowest BCUT2D eigenvalue weighted by Crippen LogP contribution is -2.44. The van der Waals surface area contributed by atoms with Crippen LogP contribution in [0.15, 0.2) is 12.1 Å². The van der Waals surface area contributed by atoms with Crippen LogP contribution in [-0.4, -0.2) is 30.9 Å². The molecule has 2 aliphatic heterocycles. The first-order chi connectivity index (χ1) is 10.0. The molecule has 1 aromatic rings. The molecule has 0 unspecified atom stereocenters. The predicted molar refractivity (Wildman–Crippen MR) is 80.7 cm³/mol. The Morgan fingerprint density at radius 3 is 2.43 bits per heavy atom. The summed E-state index contributed by atoms with van der Waals surface area (Å²) >= 11 is 0. The van der Waals surface area contributed by atoms with Gasteiger partial charge < -0.3 is 9.47 Å². The van der Waals surface area contributed by atoms with Gasteiger partial charge in [0.25, 0.3) is 0 Å². The Morgan fingerprint density at radius 1 is 1.14 bits per heavy atom. The Labute approximate surface area is 126 Å². The third kappa shape index (κ3) is 2.31. The summed E-state index contributed by atoms with van der Waals surface area (Å²) in [7, 11) is 3.31. The molecule has 2 atom stereocenters. The fourth-order valence-electron chi connectivity index (χ4n) is 3.71. The molecule has 4 nitrogen and oxygen atoms in total. The van der Waals surface area contributed by atoms with Crippen LogP contribution in [0.25, 0.3) is 0 Å². The van der Waals surface area contributed by atoms with E-state index < -0.39 is 0 Å². The number of fused-ring (bicyclic) bond motifs is 3. The summed E-state index contributed by atoms with van der Waals surface area (Å²) in [5.74, 6) is 2.37. The third-order valence-electron chi connectivity index (χ3n) is 4.81. The molecule has 1 saturated heterocycles. The first-order valence-electron chi connectivity index (χ1n) is 7.57. The lowest BCUT2D eigenvalue weighted by Gasteiger charge is -2.39. The number of hydrogen-bond acceptors (Lipinski definition) is 4. The zero-order chi connectivity index (χ0) is 15.1. The van der Waals surface area contributed by atoms with Crippen LogP contribution in [0.5, 0.6) is 11.5 Å². The molecular formula is C17H23NO3. The van der Waals surface area contributed by atoms with Gasteiger partial charge in [0.2, 0.25) is 0 Å². The van der Waals surface area contributed by atoms with Crippen molar-refractivity contribution in [1.82, 2.24) is 4.90 Å². The molecule has 0 radical (unpaired) electrons. The van der Waals surface area contributed by atoms with E-state index in [1.807, 2.05) is 0 Å². The van der Waals surface area contributed by atoms with Gasteiger partial charge in [0.15, 0.2) is 11.5 Å². The lowest BCUT2D eigenvalue weighted by atomic mass is 9.87. The number of piperidine rings is 1. The molecule has 21 heavy (non-hydrogen) atoms. The van der Waals surface area contributed by atoms with Crippen LogP contribution in [-0.2, 0) is 11.3 Å². The van der Waals surface area contributed by atoms with E-state index in [-0.39, 0.29) is 6.04 Å². The van der Waals surface area contributed by atoms with E-state index in [1.54, 1.807) is 14.2 Å². The van der Waals surface area contributed by atoms with E-state index in [1.165, 1.54) is 11.1 Å². The van der Waals surface area contributed by atoms with E-state index in [0.29, 0.717) is 30.6 Å². The lowest BCUT2D eigenvalue weighted by molar-refractivity contribution is -0.126. The summed E-state index contributed by atoms with van der Waals surface area (Å²) in [4.78, 5) is 14.6. The number of Topliss-reactive ketones (excluding diaryl/α,β-unsaturated/α-hetero) is 1. The van der Waals surface area contributed by atoms with Gasteiger partial charge >= 0.3 is 0 Å². The van der Waals surface area contributed by atoms with Gasteiger partial charge in [0, 0.05) is 31.5 Å². The number of nitrogens with zero attached hydrogens (tertiary/aromatic N) is 1. The second-order valence-corrected chi connectivity index (χ2v) is 6.35. The van der Waals surface area contributed by atoms with Gasteiger partial charge in [-0.2, -0.15) is 0 Å². The Morgan fingerprint density at radius 2 is 1.81 bits per heavy atom. The minimum Gasteiger partial charge on any atom is -0.493 e. The average Bonchev–Trinajstić information content (AvgIpc) is 2.82. The van der Waals surface area contributed by atoms with E-state index in [4.69, 9.17) is 9.47 Å². The topological polar surface area (TPSA) is 38.8 Å². The summed E-state index contributed by atoms with van der Waals surface area (Å²) in [5.41, 5.74) is 2.49. The number of methoxy groups -OCH3 is 2. The maximum absolute atomic E-state index is 12.1. The molecule has 0 amide bonds. The van der Waals surface area contributed by atoms with Crippen LogP contribution in [0.3, 0.4) is 0 Å². The highest BCUT2D eigenvalue weighted by molar-refractivity contribution is 5.81. The summed E-state index contributed by atoms with van der Waals surface area (Å²) < 4.78 is 10.8. The van der Waals surface area contributed by atoms with Crippen LogP contribution < -0.4 is 9.47 Å². The minimum absolute atomic E-state index is 0.202. The molecule has 2 heterocycles. The highest BCUT2D eigenvalue weighted by atomic mass is 16.5. The van der Waals surface area contributed by atoms with Gasteiger partial charge in [0.1, 0.15) is 5.78 Å². The van der Waals surface area contributed by atoms with E-state index in [0.717, 1.165) is 18.0 Å². The van der Waals surface area contributed by atoms with Gasteiger partial charge in [-0.15, -0.1) is 0 Å². The zero-order valence-corrected chi connectivity index (χ0v) is 13.2. The van der Waals surface area contributed by atoms with E-state index in [2.05, 4.69) is 30.9 Å². The SMILES string of the molecule is COc1cc2c(cc1OC)[C@H]1CC(=O)C[C@H](C(C)C)N1C2. The highest BCUT2D eigenvalue weighted by Crippen LogP contribution is 2.46. The maximum atomic E-state index is 12.1. The van der Waals surface area contributed by atoms with Crippen molar-refractivity contribution in [3.05, 3.63) is 23.3 Å². The Balaban J connectivity index is 2.02. The standard InChI is InChI=1S/C17H23NO3/c1-10(2)14-6-12(19)7-15-13-8-17(21-4)16(20-3)5-11(13)9-18(14)15/h5,8,10,14-15H,6-7,9H2,1-4H3/t14-,15-/m1/s1. The molecule has 0 aliphatic carbocycles. The van der Waals surface area contributed by atoms with Crippen molar-refractivity contribution in [3.8, 4) is 11.5 Å². The van der Waals surface area contributed by atoms with E-state index in [9.17, 15) is 4.79 Å². The molecular weight excluding hydrogens is 266 g/mol. The van der Waals surface area contributed by atoms with Crippen molar-refractivity contribution < 1.29 is 14.3 Å². The fourth-order valence-corrected chi connectivity index (χ4v) is 3.71. The summed E-state index contributed by atoms with van der Waals surface area (Å²) in [6, 6.07) is 4.65. The molecule has 0 spiro atoms. The number of ketones is 1. The van der Waals surface area contributed by atoms with Crippen LogP contribution in [0, 0.1) is 5.92 Å². The van der Waals surface area contributed by atoms with Crippen molar-refractivity contribution in [2.45, 2.75) is 45.3 Å². The van der Waals surface area contributed by atoms with Gasteiger partial charge in [-0.05, 0) is 29.2 Å². The number of carbonyl (C=O) groups is 1. The van der Waals surface area contributed by atoms with Crippen molar-refractivity contribution in [2.24, 2.45) is 5.92 Å². The van der Waals surface area contributed by atoms with Gasteiger partial charge in [-0.25, -0.2) is 0 Å². The van der Waals surface area contributed by atoms with Crippen molar-refractivity contribution in [1.29, 1.82) is 0 Å².